The molecule has 1 aromatic heterocycles. The average Bonchev–Trinajstić information content (AvgIpc) is 2.92. The van der Waals surface area contributed by atoms with Crippen LogP contribution in [0, 0.1) is 17.8 Å². The van der Waals surface area contributed by atoms with Crippen LogP contribution in [0.2, 0.25) is 0 Å². The van der Waals surface area contributed by atoms with E-state index >= 15 is 0 Å². The molecular weight excluding hydrogens is 266 g/mol. The van der Waals surface area contributed by atoms with Crippen molar-refractivity contribution in [3.05, 3.63) is 16.3 Å². The van der Waals surface area contributed by atoms with E-state index in [9.17, 15) is 0 Å². The topological polar surface area (TPSA) is 21.3 Å². The Bertz CT molecular complexity index is 403. The molecule has 3 heteroatoms. The van der Waals surface area contributed by atoms with Crippen molar-refractivity contribution in [2.24, 2.45) is 17.8 Å². The summed E-state index contributed by atoms with van der Waals surface area (Å²) in [6, 6.07) is 2.74. The van der Waals surface area contributed by atoms with Crippen molar-refractivity contribution in [2.75, 3.05) is 13.7 Å². The largest absolute Gasteiger partial charge is 0.496 e. The van der Waals surface area contributed by atoms with Gasteiger partial charge in [-0.3, -0.25) is 0 Å². The standard InChI is InChI=1S/C17H29NOS/c1-5-8-18-17(16-10-15(19-4)11-20-16)14-7-6-12(2)13(3)9-14/h10-14,17-18H,5-9H2,1-4H3. The van der Waals surface area contributed by atoms with Gasteiger partial charge in [0, 0.05) is 16.3 Å². The van der Waals surface area contributed by atoms with Crippen molar-refractivity contribution >= 4 is 11.3 Å². The van der Waals surface area contributed by atoms with E-state index in [0.29, 0.717) is 6.04 Å². The zero-order valence-corrected chi connectivity index (χ0v) is 14.1. The third-order valence-corrected chi connectivity index (χ3v) is 5.86. The van der Waals surface area contributed by atoms with Gasteiger partial charge >= 0.3 is 0 Å². The molecule has 1 N–H and O–H groups in total. The second-order valence-corrected chi connectivity index (χ2v) is 7.29. The molecule has 4 unspecified atom stereocenters. The summed E-state index contributed by atoms with van der Waals surface area (Å²) in [5.41, 5.74) is 0. The third kappa shape index (κ3) is 3.76. The van der Waals surface area contributed by atoms with Crippen molar-refractivity contribution in [3.8, 4) is 5.75 Å². The fourth-order valence-corrected chi connectivity index (χ4v) is 4.32. The molecule has 4 atom stereocenters. The predicted molar refractivity (Wildman–Crippen MR) is 87.6 cm³/mol. The number of rotatable bonds is 6. The number of ether oxygens (including phenoxy) is 1. The summed E-state index contributed by atoms with van der Waals surface area (Å²) in [6.07, 6.45) is 5.27. The second kappa shape index (κ2) is 7.46. The van der Waals surface area contributed by atoms with E-state index in [-0.39, 0.29) is 0 Å². The molecule has 114 valence electrons. The number of thiophene rings is 1. The molecule has 0 aromatic carbocycles. The lowest BCUT2D eigenvalue weighted by atomic mass is 9.73. The molecule has 0 amide bonds. The molecule has 0 saturated heterocycles. The quantitative estimate of drug-likeness (QED) is 0.808. The van der Waals surface area contributed by atoms with Crippen LogP contribution in [0.5, 0.6) is 5.75 Å². The van der Waals surface area contributed by atoms with E-state index in [1.807, 2.05) is 11.3 Å². The van der Waals surface area contributed by atoms with Gasteiger partial charge in [-0.1, -0.05) is 27.2 Å². The van der Waals surface area contributed by atoms with Gasteiger partial charge in [-0.2, -0.15) is 0 Å². The van der Waals surface area contributed by atoms with Gasteiger partial charge in [0.15, 0.2) is 0 Å². The van der Waals surface area contributed by atoms with Crippen LogP contribution in [0.1, 0.15) is 57.4 Å². The number of hydrogen-bond donors (Lipinski definition) is 1. The van der Waals surface area contributed by atoms with E-state index < -0.39 is 0 Å². The summed E-state index contributed by atoms with van der Waals surface area (Å²) in [6.45, 7) is 8.17. The fraction of sp³-hybridized carbons (Fsp3) is 0.765. The molecule has 2 nitrogen and oxygen atoms in total. The Kier molecular flexibility index (Phi) is 5.91. The van der Waals surface area contributed by atoms with Crippen LogP contribution < -0.4 is 10.1 Å². The highest BCUT2D eigenvalue weighted by Gasteiger charge is 2.31. The molecule has 1 heterocycles. The Hall–Kier alpha value is -0.540. The number of methoxy groups -OCH3 is 1. The summed E-state index contributed by atoms with van der Waals surface area (Å²) >= 11 is 1.84. The third-order valence-electron chi connectivity index (χ3n) is 4.86. The van der Waals surface area contributed by atoms with Gasteiger partial charge in [0.2, 0.25) is 0 Å². The maximum atomic E-state index is 5.36. The monoisotopic (exact) mass is 295 g/mol. The summed E-state index contributed by atoms with van der Waals surface area (Å²) in [4.78, 5) is 1.45. The van der Waals surface area contributed by atoms with Crippen LogP contribution in [-0.4, -0.2) is 13.7 Å². The average molecular weight is 295 g/mol. The molecule has 20 heavy (non-hydrogen) atoms. The van der Waals surface area contributed by atoms with Crippen molar-refractivity contribution in [3.63, 3.8) is 0 Å². The van der Waals surface area contributed by atoms with Crippen molar-refractivity contribution < 1.29 is 4.74 Å². The maximum absolute atomic E-state index is 5.36. The van der Waals surface area contributed by atoms with Crippen LogP contribution in [0.15, 0.2) is 11.4 Å². The molecule has 0 spiro atoms. The minimum absolute atomic E-state index is 0.513. The summed E-state index contributed by atoms with van der Waals surface area (Å²) < 4.78 is 5.36. The molecule has 0 aliphatic heterocycles. The Morgan fingerprint density at radius 3 is 2.75 bits per heavy atom. The van der Waals surface area contributed by atoms with E-state index in [0.717, 1.165) is 30.0 Å². The SMILES string of the molecule is CCCNC(c1cc(OC)cs1)C1CCC(C)C(C)C1. The highest BCUT2D eigenvalue weighted by Crippen LogP contribution is 2.42. The van der Waals surface area contributed by atoms with Gasteiger partial charge in [-0.15, -0.1) is 11.3 Å². The zero-order valence-electron chi connectivity index (χ0n) is 13.3. The lowest BCUT2D eigenvalue weighted by Crippen LogP contribution is -2.33. The summed E-state index contributed by atoms with van der Waals surface area (Å²) in [5.74, 6) is 3.51. The Morgan fingerprint density at radius 2 is 2.15 bits per heavy atom. The second-order valence-electron chi connectivity index (χ2n) is 6.35. The predicted octanol–water partition coefficient (Wildman–Crippen LogP) is 4.87. The molecule has 1 aliphatic carbocycles. The zero-order chi connectivity index (χ0) is 14.5. The molecule has 1 saturated carbocycles. The molecular formula is C17H29NOS. The van der Waals surface area contributed by atoms with Gasteiger partial charge in [-0.05, 0) is 49.6 Å². The first-order valence-corrected chi connectivity index (χ1v) is 8.89. The molecule has 1 aromatic rings. The highest BCUT2D eigenvalue weighted by atomic mass is 32.1. The normalized spacial score (nSPS) is 28.3. The van der Waals surface area contributed by atoms with Crippen molar-refractivity contribution in [2.45, 2.75) is 52.5 Å². The summed E-state index contributed by atoms with van der Waals surface area (Å²) in [7, 11) is 1.75. The first kappa shape index (κ1) is 15.8. The first-order valence-electron chi connectivity index (χ1n) is 8.01. The Morgan fingerprint density at radius 1 is 1.35 bits per heavy atom. The van der Waals surface area contributed by atoms with E-state index in [4.69, 9.17) is 4.74 Å². The van der Waals surface area contributed by atoms with Crippen LogP contribution >= 0.6 is 11.3 Å². The van der Waals surface area contributed by atoms with Crippen LogP contribution in [0.25, 0.3) is 0 Å². The van der Waals surface area contributed by atoms with Crippen LogP contribution in [0.4, 0.5) is 0 Å². The van der Waals surface area contributed by atoms with Crippen molar-refractivity contribution in [1.82, 2.24) is 5.32 Å². The number of hydrogen-bond acceptors (Lipinski definition) is 3. The Labute approximate surface area is 127 Å². The van der Waals surface area contributed by atoms with Gasteiger partial charge in [0.05, 0.1) is 7.11 Å². The minimum Gasteiger partial charge on any atom is -0.496 e. The van der Waals surface area contributed by atoms with E-state index in [1.165, 1.54) is 30.6 Å². The fourth-order valence-electron chi connectivity index (χ4n) is 3.30. The van der Waals surface area contributed by atoms with E-state index in [1.54, 1.807) is 7.11 Å². The first-order chi connectivity index (χ1) is 9.65. The molecule has 2 rings (SSSR count). The van der Waals surface area contributed by atoms with Crippen LogP contribution in [-0.2, 0) is 0 Å². The molecule has 0 bridgehead atoms. The van der Waals surface area contributed by atoms with Gasteiger partial charge in [0.1, 0.15) is 5.75 Å². The van der Waals surface area contributed by atoms with Gasteiger partial charge in [-0.25, -0.2) is 0 Å². The van der Waals surface area contributed by atoms with E-state index in [2.05, 4.69) is 37.5 Å². The molecule has 1 fully saturated rings. The maximum Gasteiger partial charge on any atom is 0.129 e. The summed E-state index contributed by atoms with van der Waals surface area (Å²) in [5, 5.41) is 5.91. The smallest absolute Gasteiger partial charge is 0.129 e. The van der Waals surface area contributed by atoms with Crippen LogP contribution in [0.3, 0.4) is 0 Å². The van der Waals surface area contributed by atoms with Gasteiger partial charge < -0.3 is 10.1 Å². The highest BCUT2D eigenvalue weighted by molar-refractivity contribution is 7.10. The minimum atomic E-state index is 0.513. The van der Waals surface area contributed by atoms with Crippen molar-refractivity contribution in [1.29, 1.82) is 0 Å². The molecule has 0 radical (unpaired) electrons. The lowest BCUT2D eigenvalue weighted by Gasteiger charge is -2.36. The molecule has 1 aliphatic rings. The lowest BCUT2D eigenvalue weighted by molar-refractivity contribution is 0.172. The Balaban J connectivity index is 2.10. The van der Waals surface area contributed by atoms with Gasteiger partial charge in [0.25, 0.3) is 0 Å². The number of nitrogens with one attached hydrogen (secondary N) is 1.